The molecule has 0 aliphatic heterocycles. The highest BCUT2D eigenvalue weighted by Gasteiger charge is 2.34. The van der Waals surface area contributed by atoms with E-state index >= 15 is 0 Å². The van der Waals surface area contributed by atoms with E-state index in [1.807, 2.05) is 20.8 Å². The number of hydrogen-bond donors (Lipinski definition) is 3. The first-order chi connectivity index (χ1) is 8.17. The molecule has 5 nitrogen and oxygen atoms in total. The fraction of sp³-hybridized carbons (Fsp3) is 0.846. The zero-order valence-electron chi connectivity index (χ0n) is 11.6. The Labute approximate surface area is 108 Å². The number of carbonyl (C=O) groups is 2. The van der Waals surface area contributed by atoms with Gasteiger partial charge in [-0.05, 0) is 24.2 Å². The Morgan fingerprint density at radius 1 is 1.39 bits per heavy atom. The van der Waals surface area contributed by atoms with Crippen molar-refractivity contribution in [2.24, 2.45) is 11.3 Å². The molecule has 3 unspecified atom stereocenters. The predicted octanol–water partition coefficient (Wildman–Crippen LogP) is 1.97. The third kappa shape index (κ3) is 5.89. The van der Waals surface area contributed by atoms with Crippen molar-refractivity contribution in [1.82, 2.24) is 10.6 Å². The standard InChI is InChI=1S/C13H24N2O3/c1-8-5-10(8)15-12(18)14-9(6-11(16)17)7-13(2,3)4/h8-10H,5-7H2,1-4H3,(H,16,17)(H2,14,15,18). The fourth-order valence-electron chi connectivity index (χ4n) is 2.04. The highest BCUT2D eigenvalue weighted by Crippen LogP contribution is 2.29. The molecule has 0 bridgehead atoms. The number of urea groups is 1. The number of hydrogen-bond acceptors (Lipinski definition) is 2. The van der Waals surface area contributed by atoms with Crippen LogP contribution in [0.3, 0.4) is 0 Å². The number of amides is 2. The van der Waals surface area contributed by atoms with E-state index in [1.165, 1.54) is 0 Å². The second-order valence-corrected chi connectivity index (χ2v) is 6.50. The SMILES string of the molecule is CC1CC1NC(=O)NC(CC(=O)O)CC(C)(C)C. The number of aliphatic carboxylic acids is 1. The minimum Gasteiger partial charge on any atom is -0.481 e. The summed E-state index contributed by atoms with van der Waals surface area (Å²) >= 11 is 0. The van der Waals surface area contributed by atoms with Gasteiger partial charge in [0.25, 0.3) is 0 Å². The van der Waals surface area contributed by atoms with Crippen LogP contribution in [0.25, 0.3) is 0 Å². The zero-order valence-corrected chi connectivity index (χ0v) is 11.6. The lowest BCUT2D eigenvalue weighted by Crippen LogP contribution is -2.45. The van der Waals surface area contributed by atoms with Crippen LogP contribution in [-0.4, -0.2) is 29.2 Å². The molecular formula is C13H24N2O3. The lowest BCUT2D eigenvalue weighted by molar-refractivity contribution is -0.137. The quantitative estimate of drug-likeness (QED) is 0.703. The molecule has 1 fully saturated rings. The molecule has 1 aliphatic carbocycles. The van der Waals surface area contributed by atoms with Crippen LogP contribution < -0.4 is 10.6 Å². The maximum Gasteiger partial charge on any atom is 0.315 e. The molecule has 1 rings (SSSR count). The lowest BCUT2D eigenvalue weighted by atomic mass is 9.87. The molecule has 1 saturated carbocycles. The summed E-state index contributed by atoms with van der Waals surface area (Å²) in [5.74, 6) is -0.347. The Balaban J connectivity index is 2.43. The second kappa shape index (κ2) is 5.59. The van der Waals surface area contributed by atoms with Crippen LogP contribution >= 0.6 is 0 Å². The Kier molecular flexibility index (Phi) is 4.59. The summed E-state index contributed by atoms with van der Waals surface area (Å²) in [4.78, 5) is 22.5. The van der Waals surface area contributed by atoms with Crippen molar-refractivity contribution in [3.05, 3.63) is 0 Å². The fourth-order valence-corrected chi connectivity index (χ4v) is 2.04. The van der Waals surface area contributed by atoms with E-state index < -0.39 is 5.97 Å². The normalized spacial score (nSPS) is 24.2. The van der Waals surface area contributed by atoms with Crippen LogP contribution in [0.5, 0.6) is 0 Å². The number of nitrogens with one attached hydrogen (secondary N) is 2. The van der Waals surface area contributed by atoms with E-state index in [-0.39, 0.29) is 30.0 Å². The Morgan fingerprint density at radius 3 is 2.33 bits per heavy atom. The molecule has 0 aromatic carbocycles. The van der Waals surface area contributed by atoms with Gasteiger partial charge < -0.3 is 15.7 Å². The molecule has 104 valence electrons. The average molecular weight is 256 g/mol. The van der Waals surface area contributed by atoms with Crippen molar-refractivity contribution in [1.29, 1.82) is 0 Å². The first-order valence-electron chi connectivity index (χ1n) is 6.46. The molecule has 0 saturated heterocycles. The molecule has 3 atom stereocenters. The largest absolute Gasteiger partial charge is 0.481 e. The van der Waals surface area contributed by atoms with Gasteiger partial charge >= 0.3 is 12.0 Å². The zero-order chi connectivity index (χ0) is 13.9. The highest BCUT2D eigenvalue weighted by molar-refractivity contribution is 5.76. The van der Waals surface area contributed by atoms with Crippen molar-refractivity contribution >= 4 is 12.0 Å². The summed E-state index contributed by atoms with van der Waals surface area (Å²) in [6.07, 6.45) is 1.62. The molecule has 0 heterocycles. The number of carboxylic acid groups (broad SMARTS) is 1. The van der Waals surface area contributed by atoms with Crippen molar-refractivity contribution in [2.45, 2.75) is 59.0 Å². The van der Waals surface area contributed by atoms with Gasteiger partial charge in [0.2, 0.25) is 0 Å². The monoisotopic (exact) mass is 256 g/mol. The van der Waals surface area contributed by atoms with Gasteiger partial charge in [-0.1, -0.05) is 27.7 Å². The molecule has 0 spiro atoms. The number of rotatable bonds is 5. The van der Waals surface area contributed by atoms with Gasteiger partial charge in [-0.2, -0.15) is 0 Å². The van der Waals surface area contributed by atoms with Crippen molar-refractivity contribution < 1.29 is 14.7 Å². The molecule has 1 aliphatic rings. The maximum absolute atomic E-state index is 11.7. The summed E-state index contributed by atoms with van der Waals surface area (Å²) in [7, 11) is 0. The molecular weight excluding hydrogens is 232 g/mol. The number of carboxylic acids is 1. The van der Waals surface area contributed by atoms with E-state index in [0.29, 0.717) is 12.3 Å². The lowest BCUT2D eigenvalue weighted by Gasteiger charge is -2.25. The van der Waals surface area contributed by atoms with Gasteiger partial charge in [0.1, 0.15) is 0 Å². The summed E-state index contributed by atoms with van der Waals surface area (Å²) in [5, 5.41) is 14.5. The van der Waals surface area contributed by atoms with Crippen LogP contribution in [0.15, 0.2) is 0 Å². The Hall–Kier alpha value is -1.26. The molecule has 18 heavy (non-hydrogen) atoms. The van der Waals surface area contributed by atoms with Crippen molar-refractivity contribution in [3.63, 3.8) is 0 Å². The Bertz CT molecular complexity index is 323. The van der Waals surface area contributed by atoms with Gasteiger partial charge in [0.05, 0.1) is 6.42 Å². The smallest absolute Gasteiger partial charge is 0.315 e. The second-order valence-electron chi connectivity index (χ2n) is 6.50. The third-order valence-corrected chi connectivity index (χ3v) is 3.04. The van der Waals surface area contributed by atoms with Crippen molar-refractivity contribution in [3.8, 4) is 0 Å². The van der Waals surface area contributed by atoms with Gasteiger partial charge in [0.15, 0.2) is 0 Å². The first kappa shape index (κ1) is 14.8. The van der Waals surface area contributed by atoms with Gasteiger partial charge in [-0.15, -0.1) is 0 Å². The first-order valence-corrected chi connectivity index (χ1v) is 6.46. The minimum absolute atomic E-state index is 0.0136. The van der Waals surface area contributed by atoms with Gasteiger partial charge in [-0.3, -0.25) is 4.79 Å². The van der Waals surface area contributed by atoms with E-state index in [0.717, 1.165) is 6.42 Å². The van der Waals surface area contributed by atoms with Gasteiger partial charge in [-0.25, -0.2) is 4.79 Å². The topological polar surface area (TPSA) is 78.4 Å². The number of carbonyl (C=O) groups excluding carboxylic acids is 1. The predicted molar refractivity (Wildman–Crippen MR) is 69.3 cm³/mol. The summed E-state index contributed by atoms with van der Waals surface area (Å²) in [6.45, 7) is 8.17. The molecule has 0 radical (unpaired) electrons. The third-order valence-electron chi connectivity index (χ3n) is 3.04. The molecule has 0 aromatic rings. The molecule has 2 amide bonds. The van der Waals surface area contributed by atoms with Crippen LogP contribution in [0, 0.1) is 11.3 Å². The summed E-state index contributed by atoms with van der Waals surface area (Å²) in [5.41, 5.74) is -0.0136. The van der Waals surface area contributed by atoms with E-state index in [9.17, 15) is 9.59 Å². The average Bonchev–Trinajstić information content (AvgIpc) is 2.75. The molecule has 5 heteroatoms. The van der Waals surface area contributed by atoms with Crippen LogP contribution in [-0.2, 0) is 4.79 Å². The van der Waals surface area contributed by atoms with E-state index in [4.69, 9.17) is 5.11 Å². The van der Waals surface area contributed by atoms with Crippen LogP contribution in [0.1, 0.15) is 47.0 Å². The maximum atomic E-state index is 11.7. The van der Waals surface area contributed by atoms with Crippen molar-refractivity contribution in [2.75, 3.05) is 0 Å². The molecule has 0 aromatic heterocycles. The van der Waals surface area contributed by atoms with Crippen LogP contribution in [0.4, 0.5) is 4.79 Å². The molecule has 3 N–H and O–H groups in total. The minimum atomic E-state index is -0.885. The van der Waals surface area contributed by atoms with E-state index in [1.54, 1.807) is 0 Å². The summed E-state index contributed by atoms with van der Waals surface area (Å²) < 4.78 is 0. The highest BCUT2D eigenvalue weighted by atomic mass is 16.4. The summed E-state index contributed by atoms with van der Waals surface area (Å²) in [6, 6.07) is -0.318. The Morgan fingerprint density at radius 2 is 1.94 bits per heavy atom. The van der Waals surface area contributed by atoms with Crippen LogP contribution in [0.2, 0.25) is 0 Å². The van der Waals surface area contributed by atoms with Gasteiger partial charge in [0, 0.05) is 12.1 Å². The van der Waals surface area contributed by atoms with E-state index in [2.05, 4.69) is 17.6 Å².